The zero-order valence-corrected chi connectivity index (χ0v) is 9.21. The predicted octanol–water partition coefficient (Wildman–Crippen LogP) is 1.54. The fourth-order valence-corrected chi connectivity index (χ4v) is 1.50. The monoisotopic (exact) mass is 208 g/mol. The van der Waals surface area contributed by atoms with Gasteiger partial charge in [0.2, 0.25) is 0 Å². The second-order valence-corrected chi connectivity index (χ2v) is 3.47. The minimum Gasteiger partial charge on any atom is -0.299 e. The fraction of sp³-hybridized carbons (Fsp3) is 0.583. The van der Waals surface area contributed by atoms with Crippen LogP contribution in [0.3, 0.4) is 0 Å². The van der Waals surface area contributed by atoms with Gasteiger partial charge >= 0.3 is 0 Å². The Kier molecular flexibility index (Phi) is 6.28. The SMILES string of the molecule is C#CC.CCC(=O)C1CC(=O)CC(=O)C1. The Hall–Kier alpha value is -1.43. The van der Waals surface area contributed by atoms with Crippen LogP contribution < -0.4 is 0 Å². The molecule has 1 rings (SSSR count). The molecule has 3 nitrogen and oxygen atoms in total. The Morgan fingerprint density at radius 1 is 1.40 bits per heavy atom. The van der Waals surface area contributed by atoms with Crippen molar-refractivity contribution in [3.8, 4) is 12.3 Å². The van der Waals surface area contributed by atoms with Crippen LogP contribution in [0.25, 0.3) is 0 Å². The summed E-state index contributed by atoms with van der Waals surface area (Å²) in [6.07, 6.45) is 5.61. The van der Waals surface area contributed by atoms with Gasteiger partial charge in [-0.2, -0.15) is 0 Å². The zero-order valence-electron chi connectivity index (χ0n) is 9.21. The van der Waals surface area contributed by atoms with Crippen molar-refractivity contribution >= 4 is 17.3 Å². The van der Waals surface area contributed by atoms with Crippen molar-refractivity contribution < 1.29 is 14.4 Å². The summed E-state index contributed by atoms with van der Waals surface area (Å²) < 4.78 is 0. The summed E-state index contributed by atoms with van der Waals surface area (Å²) in [4.78, 5) is 33.0. The lowest BCUT2D eigenvalue weighted by molar-refractivity contribution is -0.136. The number of Topliss-reactive ketones (excluding diaryl/α,β-unsaturated/α-hetero) is 3. The van der Waals surface area contributed by atoms with Crippen LogP contribution in [0.1, 0.15) is 39.5 Å². The van der Waals surface area contributed by atoms with Crippen molar-refractivity contribution in [2.24, 2.45) is 5.92 Å². The fourth-order valence-electron chi connectivity index (χ4n) is 1.50. The molecule has 1 aliphatic rings. The maximum Gasteiger partial charge on any atom is 0.140 e. The van der Waals surface area contributed by atoms with Gasteiger partial charge < -0.3 is 0 Å². The van der Waals surface area contributed by atoms with Crippen LogP contribution in [0.15, 0.2) is 0 Å². The van der Waals surface area contributed by atoms with Crippen LogP contribution in [0, 0.1) is 18.3 Å². The highest BCUT2D eigenvalue weighted by Gasteiger charge is 2.29. The maximum absolute atomic E-state index is 11.2. The maximum atomic E-state index is 11.2. The van der Waals surface area contributed by atoms with E-state index in [0.29, 0.717) is 6.42 Å². The Morgan fingerprint density at radius 3 is 2.13 bits per heavy atom. The van der Waals surface area contributed by atoms with E-state index in [-0.39, 0.29) is 42.5 Å². The average Bonchev–Trinajstić information content (AvgIpc) is 2.16. The van der Waals surface area contributed by atoms with Crippen LogP contribution in [0.4, 0.5) is 0 Å². The first-order valence-electron chi connectivity index (χ1n) is 4.98. The van der Waals surface area contributed by atoms with Crippen molar-refractivity contribution in [2.75, 3.05) is 0 Å². The number of hydrogen-bond donors (Lipinski definition) is 0. The second-order valence-electron chi connectivity index (χ2n) is 3.47. The van der Waals surface area contributed by atoms with Gasteiger partial charge in [-0.05, 0) is 6.92 Å². The van der Waals surface area contributed by atoms with Crippen LogP contribution in [-0.4, -0.2) is 17.3 Å². The Labute approximate surface area is 90.2 Å². The van der Waals surface area contributed by atoms with Gasteiger partial charge in [-0.1, -0.05) is 6.92 Å². The topological polar surface area (TPSA) is 51.2 Å². The average molecular weight is 208 g/mol. The minimum absolute atomic E-state index is 0.0352. The molecule has 82 valence electrons. The van der Waals surface area contributed by atoms with Crippen LogP contribution in [0.2, 0.25) is 0 Å². The Morgan fingerprint density at radius 2 is 1.80 bits per heavy atom. The lowest BCUT2D eigenvalue weighted by atomic mass is 9.84. The summed E-state index contributed by atoms with van der Waals surface area (Å²) in [5.41, 5.74) is 0. The number of rotatable bonds is 2. The first-order valence-corrected chi connectivity index (χ1v) is 4.98. The van der Waals surface area contributed by atoms with E-state index < -0.39 is 0 Å². The van der Waals surface area contributed by atoms with Gasteiger partial charge in [0, 0.05) is 25.2 Å². The largest absolute Gasteiger partial charge is 0.299 e. The summed E-state index contributed by atoms with van der Waals surface area (Å²) in [7, 11) is 0. The molecule has 0 radical (unpaired) electrons. The minimum atomic E-state index is -0.316. The summed E-state index contributed by atoms with van der Waals surface area (Å²) in [6, 6.07) is 0. The van der Waals surface area contributed by atoms with Gasteiger partial charge in [-0.15, -0.1) is 12.3 Å². The molecule has 0 aromatic carbocycles. The van der Waals surface area contributed by atoms with E-state index in [9.17, 15) is 14.4 Å². The molecule has 3 heteroatoms. The highest BCUT2D eigenvalue weighted by Crippen LogP contribution is 2.20. The second kappa shape index (κ2) is 6.94. The van der Waals surface area contributed by atoms with E-state index in [2.05, 4.69) is 12.3 Å². The van der Waals surface area contributed by atoms with Crippen LogP contribution in [-0.2, 0) is 14.4 Å². The third kappa shape index (κ3) is 5.11. The predicted molar refractivity (Wildman–Crippen MR) is 57.2 cm³/mol. The third-order valence-electron chi connectivity index (χ3n) is 2.15. The Balaban J connectivity index is 0.000000583. The molecule has 0 unspecified atom stereocenters. The van der Waals surface area contributed by atoms with Crippen molar-refractivity contribution in [3.05, 3.63) is 0 Å². The Bertz CT molecular complexity index is 280. The molecule has 0 aromatic heterocycles. The molecule has 15 heavy (non-hydrogen) atoms. The quantitative estimate of drug-likeness (QED) is 0.511. The summed E-state index contributed by atoms with van der Waals surface area (Å²) in [5.74, 6) is 1.80. The van der Waals surface area contributed by atoms with E-state index in [1.807, 2.05) is 0 Å². The van der Waals surface area contributed by atoms with Gasteiger partial charge in [0.1, 0.15) is 17.3 Å². The molecule has 0 heterocycles. The molecule has 0 saturated heterocycles. The molecule has 1 aliphatic carbocycles. The first-order chi connectivity index (χ1) is 7.04. The van der Waals surface area contributed by atoms with Gasteiger partial charge in [-0.3, -0.25) is 14.4 Å². The third-order valence-corrected chi connectivity index (χ3v) is 2.15. The molecule has 1 fully saturated rings. The number of hydrogen-bond acceptors (Lipinski definition) is 3. The molecule has 0 amide bonds. The number of terminal acetylenes is 1. The highest BCUT2D eigenvalue weighted by molar-refractivity contribution is 6.05. The molecule has 0 aromatic rings. The number of carbonyl (C=O) groups excluding carboxylic acids is 3. The van der Waals surface area contributed by atoms with E-state index in [1.165, 1.54) is 0 Å². The smallest absolute Gasteiger partial charge is 0.140 e. The molecule has 0 spiro atoms. The summed E-state index contributed by atoms with van der Waals surface area (Å²) >= 11 is 0. The van der Waals surface area contributed by atoms with Crippen LogP contribution in [0.5, 0.6) is 0 Å². The van der Waals surface area contributed by atoms with Crippen LogP contribution >= 0.6 is 0 Å². The number of carbonyl (C=O) groups is 3. The van der Waals surface area contributed by atoms with E-state index in [0.717, 1.165) is 0 Å². The van der Waals surface area contributed by atoms with Gasteiger partial charge in [0.05, 0.1) is 6.42 Å². The highest BCUT2D eigenvalue weighted by atomic mass is 16.2. The summed E-state index contributed by atoms with van der Waals surface area (Å²) in [6.45, 7) is 3.41. The first kappa shape index (κ1) is 13.6. The standard InChI is InChI=1S/C9H12O3.C3H4/c1-2-9(12)6-3-7(10)5-8(11)4-6;1-3-2/h6H,2-5H2,1H3;1H,2H3. The molecular weight excluding hydrogens is 192 g/mol. The number of ketones is 3. The molecule has 0 N–H and O–H groups in total. The van der Waals surface area contributed by atoms with E-state index >= 15 is 0 Å². The molecule has 0 atom stereocenters. The van der Waals surface area contributed by atoms with Crippen molar-refractivity contribution in [1.29, 1.82) is 0 Å². The van der Waals surface area contributed by atoms with Gasteiger partial charge in [-0.25, -0.2) is 0 Å². The van der Waals surface area contributed by atoms with E-state index in [1.54, 1.807) is 13.8 Å². The molecule has 0 bridgehead atoms. The van der Waals surface area contributed by atoms with Gasteiger partial charge in [0.25, 0.3) is 0 Å². The van der Waals surface area contributed by atoms with E-state index in [4.69, 9.17) is 0 Å². The lowest BCUT2D eigenvalue weighted by Gasteiger charge is -2.17. The van der Waals surface area contributed by atoms with Crippen molar-refractivity contribution in [1.82, 2.24) is 0 Å². The van der Waals surface area contributed by atoms with Crippen molar-refractivity contribution in [3.63, 3.8) is 0 Å². The molecular formula is C12H16O3. The van der Waals surface area contributed by atoms with Crippen molar-refractivity contribution in [2.45, 2.75) is 39.5 Å². The lowest BCUT2D eigenvalue weighted by Crippen LogP contribution is -2.27. The van der Waals surface area contributed by atoms with Gasteiger partial charge in [0.15, 0.2) is 0 Å². The molecule has 0 aliphatic heterocycles. The zero-order chi connectivity index (χ0) is 11.8. The molecule has 1 saturated carbocycles. The summed E-state index contributed by atoms with van der Waals surface area (Å²) in [5, 5.41) is 0. The normalized spacial score (nSPS) is 16.3.